The van der Waals surface area contributed by atoms with Gasteiger partial charge in [-0.15, -0.1) is 11.3 Å². The summed E-state index contributed by atoms with van der Waals surface area (Å²) in [5, 5.41) is 3.00. The molecule has 2 aliphatic rings. The van der Waals surface area contributed by atoms with Gasteiger partial charge >= 0.3 is 0 Å². The van der Waals surface area contributed by atoms with E-state index in [-0.39, 0.29) is 17.9 Å². The minimum absolute atomic E-state index is 0.0184. The number of amides is 1. The number of fused-ring (bicyclic) bond motifs is 3. The zero-order valence-electron chi connectivity index (χ0n) is 10.3. The maximum atomic E-state index is 12.3. The van der Waals surface area contributed by atoms with E-state index in [0.717, 1.165) is 35.2 Å². The lowest BCUT2D eigenvalue weighted by Gasteiger charge is -2.17. The van der Waals surface area contributed by atoms with Crippen molar-refractivity contribution in [3.63, 3.8) is 0 Å². The molecule has 5 heteroatoms. The first-order chi connectivity index (χ1) is 9.29. The number of rotatable bonds is 2. The van der Waals surface area contributed by atoms with Crippen molar-refractivity contribution < 1.29 is 9.53 Å². The number of hydrogen-bond donors (Lipinski definition) is 1. The molecular weight excluding hydrogens is 260 g/mol. The molecule has 1 amide bonds. The molecular formula is C14H14N2O2S. The first-order valence-electron chi connectivity index (χ1n) is 6.59. The zero-order valence-corrected chi connectivity index (χ0v) is 11.2. The Hall–Kier alpha value is -1.46. The van der Waals surface area contributed by atoms with Gasteiger partial charge in [0.15, 0.2) is 0 Å². The molecule has 98 valence electrons. The molecule has 2 bridgehead atoms. The topological polar surface area (TPSA) is 51.2 Å². The molecule has 2 aromatic rings. The van der Waals surface area contributed by atoms with E-state index in [1.165, 1.54) is 0 Å². The predicted octanol–water partition coefficient (Wildman–Crippen LogP) is 2.80. The second kappa shape index (κ2) is 4.28. The number of anilines is 1. The number of nitrogens with zero attached hydrogens (tertiary/aromatic N) is 1. The first-order valence-corrected chi connectivity index (χ1v) is 7.47. The van der Waals surface area contributed by atoms with Gasteiger partial charge in [-0.2, -0.15) is 0 Å². The number of aromatic nitrogens is 1. The Balaban J connectivity index is 1.52. The normalized spacial score (nSPS) is 28.9. The smallest absolute Gasteiger partial charge is 0.230 e. The van der Waals surface area contributed by atoms with Gasteiger partial charge in [0, 0.05) is 5.69 Å². The molecule has 0 aliphatic carbocycles. The molecule has 4 nitrogen and oxygen atoms in total. The fourth-order valence-electron chi connectivity index (χ4n) is 3.08. The molecule has 3 unspecified atom stereocenters. The Labute approximate surface area is 114 Å². The first kappa shape index (κ1) is 11.4. The average molecular weight is 274 g/mol. The van der Waals surface area contributed by atoms with Crippen LogP contribution in [0.2, 0.25) is 0 Å². The second-order valence-corrected chi connectivity index (χ2v) is 6.13. The van der Waals surface area contributed by atoms with Crippen molar-refractivity contribution in [1.29, 1.82) is 0 Å². The van der Waals surface area contributed by atoms with Crippen LogP contribution in [0.25, 0.3) is 10.2 Å². The molecule has 1 N–H and O–H groups in total. The highest BCUT2D eigenvalue weighted by atomic mass is 32.1. The summed E-state index contributed by atoms with van der Waals surface area (Å²) in [7, 11) is 0. The summed E-state index contributed by atoms with van der Waals surface area (Å²) in [5.74, 6) is 0.103. The molecule has 3 heterocycles. The van der Waals surface area contributed by atoms with E-state index < -0.39 is 0 Å². The van der Waals surface area contributed by atoms with E-state index in [2.05, 4.69) is 10.3 Å². The Morgan fingerprint density at radius 1 is 1.42 bits per heavy atom. The van der Waals surface area contributed by atoms with Gasteiger partial charge in [-0.05, 0) is 37.5 Å². The summed E-state index contributed by atoms with van der Waals surface area (Å²) in [5.41, 5.74) is 3.58. The highest BCUT2D eigenvalue weighted by molar-refractivity contribution is 7.16. The van der Waals surface area contributed by atoms with E-state index in [9.17, 15) is 4.79 Å². The Morgan fingerprint density at radius 2 is 2.37 bits per heavy atom. The summed E-state index contributed by atoms with van der Waals surface area (Å²) in [6.45, 7) is 0. The van der Waals surface area contributed by atoms with Crippen LogP contribution in [0.4, 0.5) is 5.69 Å². The maximum Gasteiger partial charge on any atom is 0.230 e. The van der Waals surface area contributed by atoms with Crippen LogP contribution < -0.4 is 5.32 Å². The molecule has 2 fully saturated rings. The predicted molar refractivity (Wildman–Crippen MR) is 74.3 cm³/mol. The van der Waals surface area contributed by atoms with Crippen LogP contribution in [-0.4, -0.2) is 23.1 Å². The summed E-state index contributed by atoms with van der Waals surface area (Å²) in [6, 6.07) is 5.87. The number of nitrogens with one attached hydrogen (secondary N) is 1. The van der Waals surface area contributed by atoms with Gasteiger partial charge in [0.25, 0.3) is 0 Å². The van der Waals surface area contributed by atoms with Gasteiger partial charge in [-0.25, -0.2) is 4.98 Å². The number of carbonyl (C=O) groups excluding carboxylic acids is 1. The second-order valence-electron chi connectivity index (χ2n) is 5.24. The van der Waals surface area contributed by atoms with Gasteiger partial charge in [0.2, 0.25) is 5.91 Å². The van der Waals surface area contributed by atoms with Crippen molar-refractivity contribution >= 4 is 33.1 Å². The van der Waals surface area contributed by atoms with Crippen molar-refractivity contribution in [3.05, 3.63) is 23.7 Å². The Kier molecular flexibility index (Phi) is 2.56. The van der Waals surface area contributed by atoms with E-state index in [4.69, 9.17) is 4.74 Å². The van der Waals surface area contributed by atoms with Crippen LogP contribution in [0.15, 0.2) is 23.7 Å². The van der Waals surface area contributed by atoms with E-state index in [1.54, 1.807) is 11.3 Å². The fourth-order valence-corrected chi connectivity index (χ4v) is 3.74. The van der Waals surface area contributed by atoms with E-state index >= 15 is 0 Å². The van der Waals surface area contributed by atoms with Gasteiger partial charge < -0.3 is 10.1 Å². The van der Waals surface area contributed by atoms with E-state index in [1.807, 2.05) is 23.7 Å². The van der Waals surface area contributed by atoms with Gasteiger partial charge in [-0.1, -0.05) is 0 Å². The highest BCUT2D eigenvalue weighted by Gasteiger charge is 2.44. The Morgan fingerprint density at radius 3 is 3.16 bits per heavy atom. The van der Waals surface area contributed by atoms with Crippen LogP contribution >= 0.6 is 11.3 Å². The molecule has 2 aliphatic heterocycles. The molecule has 2 saturated heterocycles. The van der Waals surface area contributed by atoms with Crippen LogP contribution in [0.5, 0.6) is 0 Å². The molecule has 0 radical (unpaired) electrons. The third-order valence-electron chi connectivity index (χ3n) is 4.04. The third-order valence-corrected chi connectivity index (χ3v) is 4.85. The maximum absolute atomic E-state index is 12.3. The van der Waals surface area contributed by atoms with Crippen molar-refractivity contribution in [2.75, 3.05) is 5.32 Å². The van der Waals surface area contributed by atoms with Crippen LogP contribution in [0.1, 0.15) is 19.3 Å². The van der Waals surface area contributed by atoms with Gasteiger partial charge in [0.1, 0.15) is 0 Å². The molecule has 0 saturated carbocycles. The van der Waals surface area contributed by atoms with Crippen LogP contribution in [0.3, 0.4) is 0 Å². The largest absolute Gasteiger partial charge is 0.374 e. The summed E-state index contributed by atoms with van der Waals surface area (Å²) < 4.78 is 6.87. The van der Waals surface area contributed by atoms with Crippen molar-refractivity contribution in [2.45, 2.75) is 31.5 Å². The quantitative estimate of drug-likeness (QED) is 0.916. The van der Waals surface area contributed by atoms with Crippen molar-refractivity contribution in [3.8, 4) is 0 Å². The lowest BCUT2D eigenvalue weighted by atomic mass is 9.88. The number of thiazole rings is 1. The molecule has 1 aromatic heterocycles. The Bertz CT molecular complexity index is 639. The summed E-state index contributed by atoms with van der Waals surface area (Å²) in [4.78, 5) is 16.5. The van der Waals surface area contributed by atoms with Gasteiger partial charge in [0.05, 0.1) is 33.9 Å². The number of benzene rings is 1. The van der Waals surface area contributed by atoms with Crippen LogP contribution in [-0.2, 0) is 9.53 Å². The molecule has 19 heavy (non-hydrogen) atoms. The highest BCUT2D eigenvalue weighted by Crippen LogP contribution is 2.39. The third kappa shape index (κ3) is 1.93. The lowest BCUT2D eigenvalue weighted by Crippen LogP contribution is -2.30. The lowest BCUT2D eigenvalue weighted by molar-refractivity contribution is -0.121. The molecule has 3 atom stereocenters. The minimum Gasteiger partial charge on any atom is -0.374 e. The van der Waals surface area contributed by atoms with E-state index in [0.29, 0.717) is 6.10 Å². The SMILES string of the molecule is O=C(Nc1ccc2scnc2c1)C1CC2CCC1O2. The van der Waals surface area contributed by atoms with Crippen LogP contribution in [0, 0.1) is 5.92 Å². The number of hydrogen-bond acceptors (Lipinski definition) is 4. The zero-order chi connectivity index (χ0) is 12.8. The molecule has 4 rings (SSSR count). The minimum atomic E-state index is 0.0184. The average Bonchev–Trinajstić information content (AvgIpc) is 3.13. The monoisotopic (exact) mass is 274 g/mol. The van der Waals surface area contributed by atoms with Crippen molar-refractivity contribution in [1.82, 2.24) is 4.98 Å². The fraction of sp³-hybridized carbons (Fsp3) is 0.429. The summed E-state index contributed by atoms with van der Waals surface area (Å²) >= 11 is 1.61. The standard InChI is InChI=1S/C14H14N2O2S/c17-14(10-6-9-2-3-12(10)18-9)16-8-1-4-13-11(5-8)15-7-19-13/h1,4-5,7,9-10,12H,2-3,6H2,(H,16,17). The van der Waals surface area contributed by atoms with Gasteiger partial charge in [-0.3, -0.25) is 4.79 Å². The molecule has 0 spiro atoms. The molecule has 1 aromatic carbocycles. The number of carbonyl (C=O) groups is 1. The summed E-state index contributed by atoms with van der Waals surface area (Å²) in [6.07, 6.45) is 3.44. The number of ether oxygens (including phenoxy) is 1. The van der Waals surface area contributed by atoms with Crippen molar-refractivity contribution in [2.24, 2.45) is 5.92 Å².